The van der Waals surface area contributed by atoms with Crippen molar-refractivity contribution in [2.45, 2.75) is 25.7 Å². The van der Waals surface area contributed by atoms with E-state index in [2.05, 4.69) is 4.74 Å². The van der Waals surface area contributed by atoms with Gasteiger partial charge in [-0.25, -0.2) is 0 Å². The first-order valence-electron chi connectivity index (χ1n) is 4.61. The lowest BCUT2D eigenvalue weighted by molar-refractivity contribution is -0.274. The number of ether oxygens (including phenoxy) is 1. The summed E-state index contributed by atoms with van der Waals surface area (Å²) in [6.07, 6.45) is -4.45. The molecule has 0 spiro atoms. The van der Waals surface area contributed by atoms with Gasteiger partial charge in [-0.3, -0.25) is 0 Å². The lowest BCUT2D eigenvalue weighted by Gasteiger charge is -2.12. The normalized spacial score (nSPS) is 13.6. The van der Waals surface area contributed by atoms with Crippen LogP contribution in [0.15, 0.2) is 18.2 Å². The number of phenolic OH excluding ortho intramolecular Hbond substituents is 1. The summed E-state index contributed by atoms with van der Waals surface area (Å²) < 4.78 is 39.5. The van der Waals surface area contributed by atoms with Crippen LogP contribution in [0.3, 0.4) is 0 Å². The third-order valence-electron chi connectivity index (χ3n) is 1.83. The molecule has 0 aliphatic heterocycles. The van der Waals surface area contributed by atoms with Crippen molar-refractivity contribution >= 4 is 0 Å². The Kier molecular flexibility index (Phi) is 3.64. The first-order chi connectivity index (χ1) is 7.28. The molecule has 3 nitrogen and oxygen atoms in total. The Labute approximate surface area is 90.6 Å². The summed E-state index contributed by atoms with van der Waals surface area (Å²) in [4.78, 5) is 0. The Hall–Kier alpha value is -1.43. The summed E-state index contributed by atoms with van der Waals surface area (Å²) in [5.74, 6) is -0.451. The largest absolute Gasteiger partial charge is 0.573 e. The van der Waals surface area contributed by atoms with Gasteiger partial charge in [-0.2, -0.15) is 0 Å². The number of rotatable bonds is 3. The SMILES string of the molecule is CC(N)Cc1cc(OC(F)(F)F)ccc1O. The molecule has 0 saturated carbocycles. The standard InChI is InChI=1S/C10H12F3NO2/c1-6(14)4-7-5-8(2-3-9(7)15)16-10(11,12)13/h2-3,5-6,15H,4,14H2,1H3. The number of hydrogen-bond acceptors (Lipinski definition) is 3. The number of benzene rings is 1. The van der Waals surface area contributed by atoms with Crippen LogP contribution < -0.4 is 10.5 Å². The van der Waals surface area contributed by atoms with Gasteiger partial charge in [0, 0.05) is 6.04 Å². The maximum absolute atomic E-state index is 11.9. The lowest BCUT2D eigenvalue weighted by Crippen LogP contribution is -2.19. The predicted molar refractivity (Wildman–Crippen MR) is 52.1 cm³/mol. The molecule has 3 N–H and O–H groups in total. The quantitative estimate of drug-likeness (QED) is 0.844. The van der Waals surface area contributed by atoms with E-state index in [1.54, 1.807) is 6.92 Å². The van der Waals surface area contributed by atoms with Crippen LogP contribution in [0.4, 0.5) is 13.2 Å². The molecule has 0 heterocycles. The van der Waals surface area contributed by atoms with E-state index in [9.17, 15) is 18.3 Å². The molecule has 0 saturated heterocycles. The molecule has 16 heavy (non-hydrogen) atoms. The van der Waals surface area contributed by atoms with E-state index in [1.807, 2.05) is 0 Å². The van der Waals surface area contributed by atoms with Crippen molar-refractivity contribution in [2.75, 3.05) is 0 Å². The zero-order valence-electron chi connectivity index (χ0n) is 8.58. The van der Waals surface area contributed by atoms with E-state index in [0.29, 0.717) is 5.56 Å². The van der Waals surface area contributed by atoms with Crippen LogP contribution in [-0.2, 0) is 6.42 Å². The highest BCUT2D eigenvalue weighted by molar-refractivity contribution is 5.39. The molecule has 0 aliphatic carbocycles. The van der Waals surface area contributed by atoms with Crippen molar-refractivity contribution in [3.05, 3.63) is 23.8 Å². The minimum absolute atomic E-state index is 0.0909. The van der Waals surface area contributed by atoms with Crippen LogP contribution in [0.25, 0.3) is 0 Å². The van der Waals surface area contributed by atoms with Crippen LogP contribution in [0.1, 0.15) is 12.5 Å². The van der Waals surface area contributed by atoms with E-state index in [1.165, 1.54) is 0 Å². The Bertz CT molecular complexity index is 364. The number of phenols is 1. The zero-order valence-corrected chi connectivity index (χ0v) is 8.58. The highest BCUT2D eigenvalue weighted by atomic mass is 19.4. The minimum atomic E-state index is -4.73. The van der Waals surface area contributed by atoms with Gasteiger partial charge in [0.15, 0.2) is 0 Å². The van der Waals surface area contributed by atoms with Crippen molar-refractivity contribution in [3.63, 3.8) is 0 Å². The van der Waals surface area contributed by atoms with Crippen LogP contribution in [0, 0.1) is 0 Å². The maximum atomic E-state index is 11.9. The second-order valence-electron chi connectivity index (χ2n) is 3.52. The van der Waals surface area contributed by atoms with Gasteiger partial charge in [0.05, 0.1) is 0 Å². The third-order valence-corrected chi connectivity index (χ3v) is 1.83. The number of nitrogens with two attached hydrogens (primary N) is 1. The smallest absolute Gasteiger partial charge is 0.508 e. The molecule has 1 atom stereocenters. The molecule has 1 aromatic carbocycles. The van der Waals surface area contributed by atoms with Crippen molar-refractivity contribution in [1.82, 2.24) is 0 Å². The molecular formula is C10H12F3NO2. The average molecular weight is 235 g/mol. The van der Waals surface area contributed by atoms with Crippen molar-refractivity contribution in [1.29, 1.82) is 0 Å². The molecule has 6 heteroatoms. The van der Waals surface area contributed by atoms with Crippen LogP contribution in [-0.4, -0.2) is 17.5 Å². The molecule has 0 aromatic heterocycles. The van der Waals surface area contributed by atoms with Gasteiger partial charge in [0.25, 0.3) is 0 Å². The fourth-order valence-electron chi connectivity index (χ4n) is 1.27. The molecule has 1 rings (SSSR count). The Morgan fingerprint density at radius 1 is 1.44 bits per heavy atom. The van der Waals surface area contributed by atoms with Crippen molar-refractivity contribution in [2.24, 2.45) is 5.73 Å². The summed E-state index contributed by atoms with van der Waals surface area (Å²) in [5.41, 5.74) is 5.83. The Balaban J connectivity index is 2.89. The minimum Gasteiger partial charge on any atom is -0.508 e. The second kappa shape index (κ2) is 4.61. The first kappa shape index (κ1) is 12.6. The van der Waals surface area contributed by atoms with Crippen LogP contribution >= 0.6 is 0 Å². The predicted octanol–water partition coefficient (Wildman–Crippen LogP) is 2.18. The van der Waals surface area contributed by atoms with Gasteiger partial charge in [-0.05, 0) is 37.1 Å². The molecule has 1 aromatic rings. The Morgan fingerprint density at radius 3 is 2.56 bits per heavy atom. The highest BCUT2D eigenvalue weighted by Gasteiger charge is 2.31. The molecular weight excluding hydrogens is 223 g/mol. The van der Waals surface area contributed by atoms with Gasteiger partial charge < -0.3 is 15.6 Å². The molecule has 0 aliphatic rings. The van der Waals surface area contributed by atoms with E-state index < -0.39 is 6.36 Å². The number of hydrogen-bond donors (Lipinski definition) is 2. The summed E-state index contributed by atoms with van der Waals surface area (Å²) >= 11 is 0. The summed E-state index contributed by atoms with van der Waals surface area (Å²) in [5, 5.41) is 9.39. The number of halogens is 3. The van der Waals surface area contributed by atoms with E-state index in [4.69, 9.17) is 5.73 Å². The van der Waals surface area contributed by atoms with Gasteiger partial charge in [0.2, 0.25) is 0 Å². The second-order valence-corrected chi connectivity index (χ2v) is 3.52. The van der Waals surface area contributed by atoms with Gasteiger partial charge in [0.1, 0.15) is 11.5 Å². The lowest BCUT2D eigenvalue weighted by atomic mass is 10.1. The molecule has 0 amide bonds. The number of alkyl halides is 3. The number of aromatic hydroxyl groups is 1. The van der Waals surface area contributed by atoms with Gasteiger partial charge in [-0.1, -0.05) is 0 Å². The highest BCUT2D eigenvalue weighted by Crippen LogP contribution is 2.28. The third kappa shape index (κ3) is 3.98. The van der Waals surface area contributed by atoms with Crippen molar-refractivity contribution < 1.29 is 23.0 Å². The molecule has 0 bridgehead atoms. The average Bonchev–Trinajstić information content (AvgIpc) is 2.07. The fraction of sp³-hybridized carbons (Fsp3) is 0.400. The molecule has 0 fully saturated rings. The summed E-state index contributed by atoms with van der Waals surface area (Å²) in [6.45, 7) is 1.69. The van der Waals surface area contributed by atoms with Crippen molar-refractivity contribution in [3.8, 4) is 11.5 Å². The van der Waals surface area contributed by atoms with E-state index >= 15 is 0 Å². The topological polar surface area (TPSA) is 55.5 Å². The van der Waals surface area contributed by atoms with Crippen LogP contribution in [0.2, 0.25) is 0 Å². The van der Waals surface area contributed by atoms with E-state index in [-0.39, 0.29) is 24.0 Å². The monoisotopic (exact) mass is 235 g/mol. The fourth-order valence-corrected chi connectivity index (χ4v) is 1.27. The zero-order chi connectivity index (χ0) is 12.3. The molecule has 90 valence electrons. The van der Waals surface area contributed by atoms with Gasteiger partial charge in [-0.15, -0.1) is 13.2 Å². The van der Waals surface area contributed by atoms with E-state index in [0.717, 1.165) is 18.2 Å². The molecule has 0 radical (unpaired) electrons. The Morgan fingerprint density at radius 2 is 2.06 bits per heavy atom. The molecule has 1 unspecified atom stereocenters. The maximum Gasteiger partial charge on any atom is 0.573 e. The summed E-state index contributed by atoms with van der Waals surface area (Å²) in [6, 6.07) is 3.07. The first-order valence-corrected chi connectivity index (χ1v) is 4.61. The summed E-state index contributed by atoms with van der Waals surface area (Å²) in [7, 11) is 0. The van der Waals surface area contributed by atoms with Gasteiger partial charge >= 0.3 is 6.36 Å². The van der Waals surface area contributed by atoms with Crippen LogP contribution in [0.5, 0.6) is 11.5 Å².